The molecule has 4 heteroatoms. The van der Waals surface area contributed by atoms with Gasteiger partial charge < -0.3 is 14.2 Å². The van der Waals surface area contributed by atoms with Crippen LogP contribution in [0.5, 0.6) is 0 Å². The summed E-state index contributed by atoms with van der Waals surface area (Å²) in [5.74, 6) is 1.63. The Labute approximate surface area is 111 Å². The summed E-state index contributed by atoms with van der Waals surface area (Å²) in [6.45, 7) is 2.94. The number of furan rings is 1. The Bertz CT molecular complexity index is 610. The highest BCUT2D eigenvalue weighted by Crippen LogP contribution is 2.21. The van der Waals surface area contributed by atoms with E-state index in [1.807, 2.05) is 36.4 Å². The van der Waals surface area contributed by atoms with Crippen molar-refractivity contribution in [3.63, 3.8) is 0 Å². The number of benzene rings is 1. The SMILES string of the molecule is CCNC(Cc1nc2ccccc2o1)c1ccco1. The molecule has 0 bridgehead atoms. The van der Waals surface area contributed by atoms with Crippen LogP contribution in [0.1, 0.15) is 24.6 Å². The van der Waals surface area contributed by atoms with Gasteiger partial charge in [-0.2, -0.15) is 0 Å². The Morgan fingerprint density at radius 3 is 2.84 bits per heavy atom. The summed E-state index contributed by atoms with van der Waals surface area (Å²) in [6, 6.07) is 11.8. The van der Waals surface area contributed by atoms with Crippen LogP contribution in [0.2, 0.25) is 0 Å². The third kappa shape index (κ3) is 2.53. The normalized spacial score (nSPS) is 12.9. The minimum Gasteiger partial charge on any atom is -0.468 e. The van der Waals surface area contributed by atoms with Crippen molar-refractivity contribution in [2.75, 3.05) is 6.54 Å². The molecule has 1 atom stereocenters. The molecule has 4 nitrogen and oxygen atoms in total. The number of para-hydroxylation sites is 2. The fourth-order valence-electron chi connectivity index (χ4n) is 2.19. The Balaban J connectivity index is 1.85. The molecule has 0 saturated heterocycles. The maximum absolute atomic E-state index is 5.75. The van der Waals surface area contributed by atoms with Crippen LogP contribution in [0.25, 0.3) is 11.1 Å². The van der Waals surface area contributed by atoms with Gasteiger partial charge >= 0.3 is 0 Å². The smallest absolute Gasteiger partial charge is 0.197 e. The van der Waals surface area contributed by atoms with Gasteiger partial charge in [-0.15, -0.1) is 0 Å². The van der Waals surface area contributed by atoms with Crippen molar-refractivity contribution in [1.29, 1.82) is 0 Å². The predicted molar refractivity (Wildman–Crippen MR) is 72.8 cm³/mol. The summed E-state index contributed by atoms with van der Waals surface area (Å²) in [6.07, 6.45) is 2.36. The summed E-state index contributed by atoms with van der Waals surface area (Å²) in [4.78, 5) is 4.50. The number of hydrogen-bond acceptors (Lipinski definition) is 4. The van der Waals surface area contributed by atoms with Crippen LogP contribution in [-0.4, -0.2) is 11.5 Å². The zero-order valence-corrected chi connectivity index (χ0v) is 10.8. The lowest BCUT2D eigenvalue weighted by atomic mass is 10.1. The van der Waals surface area contributed by atoms with Gasteiger partial charge in [-0.05, 0) is 30.8 Å². The van der Waals surface area contributed by atoms with Crippen LogP contribution < -0.4 is 5.32 Å². The van der Waals surface area contributed by atoms with E-state index in [9.17, 15) is 0 Å². The van der Waals surface area contributed by atoms with Crippen LogP contribution in [0.15, 0.2) is 51.5 Å². The van der Waals surface area contributed by atoms with E-state index in [0.717, 1.165) is 29.3 Å². The van der Waals surface area contributed by atoms with E-state index in [1.54, 1.807) is 6.26 Å². The molecular weight excluding hydrogens is 240 g/mol. The van der Waals surface area contributed by atoms with Gasteiger partial charge in [0, 0.05) is 6.42 Å². The molecule has 1 unspecified atom stereocenters. The first kappa shape index (κ1) is 12.0. The van der Waals surface area contributed by atoms with Gasteiger partial charge in [0.25, 0.3) is 0 Å². The minimum atomic E-state index is 0.0908. The molecule has 19 heavy (non-hydrogen) atoms. The van der Waals surface area contributed by atoms with Crippen molar-refractivity contribution in [2.24, 2.45) is 0 Å². The standard InChI is InChI=1S/C15H16N2O2/c1-2-16-12(13-8-5-9-18-13)10-15-17-11-6-3-4-7-14(11)19-15/h3-9,12,16H,2,10H2,1H3. The fraction of sp³-hybridized carbons (Fsp3) is 0.267. The number of hydrogen-bond donors (Lipinski definition) is 1. The first-order chi connectivity index (χ1) is 9.36. The average Bonchev–Trinajstić information content (AvgIpc) is 3.07. The molecule has 1 N–H and O–H groups in total. The molecule has 0 radical (unpaired) electrons. The van der Waals surface area contributed by atoms with Crippen molar-refractivity contribution in [3.05, 3.63) is 54.3 Å². The van der Waals surface area contributed by atoms with Crippen molar-refractivity contribution in [1.82, 2.24) is 10.3 Å². The molecule has 3 aromatic rings. The second-order valence-electron chi connectivity index (χ2n) is 4.41. The average molecular weight is 256 g/mol. The third-order valence-electron chi connectivity index (χ3n) is 3.05. The maximum Gasteiger partial charge on any atom is 0.197 e. The van der Waals surface area contributed by atoms with Gasteiger partial charge in [0.1, 0.15) is 11.3 Å². The zero-order valence-electron chi connectivity index (χ0n) is 10.8. The third-order valence-corrected chi connectivity index (χ3v) is 3.05. The number of nitrogens with one attached hydrogen (secondary N) is 1. The van der Waals surface area contributed by atoms with Gasteiger partial charge in [-0.3, -0.25) is 0 Å². The summed E-state index contributed by atoms with van der Waals surface area (Å²) in [5, 5.41) is 3.38. The quantitative estimate of drug-likeness (QED) is 0.760. The molecule has 3 rings (SSSR count). The first-order valence-corrected chi connectivity index (χ1v) is 6.48. The summed E-state index contributed by atoms with van der Waals surface area (Å²) in [7, 11) is 0. The van der Waals surface area contributed by atoms with Gasteiger partial charge in [0.15, 0.2) is 11.5 Å². The largest absolute Gasteiger partial charge is 0.468 e. The highest BCUT2D eigenvalue weighted by molar-refractivity contribution is 5.72. The zero-order chi connectivity index (χ0) is 13.1. The van der Waals surface area contributed by atoms with Crippen molar-refractivity contribution >= 4 is 11.1 Å². The molecule has 0 spiro atoms. The van der Waals surface area contributed by atoms with E-state index < -0.39 is 0 Å². The molecule has 0 amide bonds. The Morgan fingerprint density at radius 1 is 1.21 bits per heavy atom. The molecule has 0 aliphatic rings. The van der Waals surface area contributed by atoms with Gasteiger partial charge in [0.05, 0.1) is 12.3 Å². The van der Waals surface area contributed by atoms with Gasteiger partial charge in [-0.1, -0.05) is 19.1 Å². The van der Waals surface area contributed by atoms with Crippen molar-refractivity contribution in [3.8, 4) is 0 Å². The molecule has 2 aromatic heterocycles. The molecule has 0 aliphatic carbocycles. The highest BCUT2D eigenvalue weighted by atomic mass is 16.3. The monoisotopic (exact) mass is 256 g/mol. The summed E-state index contributed by atoms with van der Waals surface area (Å²) in [5.41, 5.74) is 1.72. The number of nitrogens with zero attached hydrogens (tertiary/aromatic N) is 1. The van der Waals surface area contributed by atoms with Crippen molar-refractivity contribution < 1.29 is 8.83 Å². The summed E-state index contributed by atoms with van der Waals surface area (Å²) < 4.78 is 11.2. The number of likely N-dealkylation sites (N-methyl/N-ethyl adjacent to an activating group) is 1. The van der Waals surface area contributed by atoms with E-state index in [2.05, 4.69) is 17.2 Å². The van der Waals surface area contributed by atoms with Gasteiger partial charge in [0.2, 0.25) is 0 Å². The Hall–Kier alpha value is -2.07. The number of rotatable bonds is 5. The molecule has 0 fully saturated rings. The molecule has 1 aromatic carbocycles. The van der Waals surface area contributed by atoms with Crippen LogP contribution in [-0.2, 0) is 6.42 Å². The van der Waals surface area contributed by atoms with E-state index in [4.69, 9.17) is 8.83 Å². The number of aromatic nitrogens is 1. The number of fused-ring (bicyclic) bond motifs is 1. The Kier molecular flexibility index (Phi) is 3.33. The molecule has 0 saturated carbocycles. The second-order valence-corrected chi connectivity index (χ2v) is 4.41. The van der Waals surface area contributed by atoms with Crippen LogP contribution in [0.4, 0.5) is 0 Å². The molecule has 0 aliphatic heterocycles. The van der Waals surface area contributed by atoms with Crippen LogP contribution in [0.3, 0.4) is 0 Å². The van der Waals surface area contributed by atoms with Gasteiger partial charge in [-0.25, -0.2) is 4.98 Å². The summed E-state index contributed by atoms with van der Waals surface area (Å²) >= 11 is 0. The molecular formula is C15H16N2O2. The highest BCUT2D eigenvalue weighted by Gasteiger charge is 2.17. The lowest BCUT2D eigenvalue weighted by molar-refractivity contribution is 0.389. The minimum absolute atomic E-state index is 0.0908. The lowest BCUT2D eigenvalue weighted by Gasteiger charge is -2.13. The second kappa shape index (κ2) is 5.28. The molecule has 98 valence electrons. The van der Waals surface area contributed by atoms with E-state index in [-0.39, 0.29) is 6.04 Å². The van der Waals surface area contributed by atoms with E-state index in [1.165, 1.54) is 0 Å². The number of oxazole rings is 1. The topological polar surface area (TPSA) is 51.2 Å². The van der Waals surface area contributed by atoms with Crippen LogP contribution in [0, 0.1) is 0 Å². The van der Waals surface area contributed by atoms with E-state index in [0.29, 0.717) is 6.42 Å². The fourth-order valence-corrected chi connectivity index (χ4v) is 2.19. The maximum atomic E-state index is 5.75. The first-order valence-electron chi connectivity index (χ1n) is 6.48. The predicted octanol–water partition coefficient (Wildman–Crippen LogP) is 3.31. The van der Waals surface area contributed by atoms with E-state index >= 15 is 0 Å². The van der Waals surface area contributed by atoms with Crippen LogP contribution >= 0.6 is 0 Å². The Morgan fingerprint density at radius 2 is 2.11 bits per heavy atom. The van der Waals surface area contributed by atoms with Crippen molar-refractivity contribution in [2.45, 2.75) is 19.4 Å². The molecule has 2 heterocycles. The lowest BCUT2D eigenvalue weighted by Crippen LogP contribution is -2.22.